The van der Waals surface area contributed by atoms with Crippen LogP contribution in [0.5, 0.6) is 11.5 Å². The lowest BCUT2D eigenvalue weighted by Crippen LogP contribution is -2.45. The molecule has 0 fully saturated rings. The standard InChI is InChI=1S/C21H22F6N2O4/c1-2-3-11-32-16-9-7-14(8-10-16)28-19(31)29(13-18(30)20(22,23)24)15-5-4-6-17(12-15)33-21(25,26)27/h4-10,12,18,30H,2-3,11,13H2,1H3,(H,28,31). The molecule has 0 aromatic heterocycles. The fourth-order valence-electron chi connectivity index (χ4n) is 2.59. The average Bonchev–Trinajstić information content (AvgIpc) is 2.71. The largest absolute Gasteiger partial charge is 0.573 e. The fraction of sp³-hybridized carbons (Fsp3) is 0.381. The number of alkyl halides is 6. The van der Waals surface area contributed by atoms with E-state index in [0.717, 1.165) is 37.1 Å². The number of carbonyl (C=O) groups is 1. The van der Waals surface area contributed by atoms with Crippen LogP contribution in [0, 0.1) is 0 Å². The predicted octanol–water partition coefficient (Wildman–Crippen LogP) is 5.73. The normalized spacial score (nSPS) is 12.7. The zero-order chi connectivity index (χ0) is 24.6. The van der Waals surface area contributed by atoms with Gasteiger partial charge in [-0.1, -0.05) is 19.4 Å². The minimum atomic E-state index is -5.06. The maximum Gasteiger partial charge on any atom is 0.573 e. The Morgan fingerprint density at radius 1 is 1.06 bits per heavy atom. The van der Waals surface area contributed by atoms with Crippen molar-refractivity contribution in [3.63, 3.8) is 0 Å². The van der Waals surface area contributed by atoms with E-state index < -0.39 is 37.0 Å². The summed E-state index contributed by atoms with van der Waals surface area (Å²) in [6, 6.07) is 8.69. The Bertz CT molecular complexity index is 903. The Morgan fingerprint density at radius 2 is 1.73 bits per heavy atom. The van der Waals surface area contributed by atoms with E-state index in [4.69, 9.17) is 4.74 Å². The number of urea groups is 1. The summed E-state index contributed by atoms with van der Waals surface area (Å²) in [6.45, 7) is 1.22. The highest BCUT2D eigenvalue weighted by Gasteiger charge is 2.40. The van der Waals surface area contributed by atoms with Crippen molar-refractivity contribution in [1.82, 2.24) is 0 Å². The lowest BCUT2D eigenvalue weighted by Gasteiger charge is -2.27. The van der Waals surface area contributed by atoms with E-state index in [2.05, 4.69) is 10.1 Å². The van der Waals surface area contributed by atoms with E-state index in [1.807, 2.05) is 6.92 Å². The summed E-state index contributed by atoms with van der Waals surface area (Å²) in [4.78, 5) is 13.2. The van der Waals surface area contributed by atoms with E-state index in [1.54, 1.807) is 0 Å². The number of aliphatic hydroxyl groups excluding tert-OH is 1. The van der Waals surface area contributed by atoms with Crippen LogP contribution in [0.3, 0.4) is 0 Å². The molecule has 1 atom stereocenters. The molecule has 0 saturated carbocycles. The Morgan fingerprint density at radius 3 is 2.30 bits per heavy atom. The molecule has 6 nitrogen and oxygen atoms in total. The number of hydrogen-bond acceptors (Lipinski definition) is 4. The van der Waals surface area contributed by atoms with Crippen LogP contribution >= 0.6 is 0 Å². The van der Waals surface area contributed by atoms with Crippen LogP contribution in [0.1, 0.15) is 19.8 Å². The fourth-order valence-corrected chi connectivity index (χ4v) is 2.59. The van der Waals surface area contributed by atoms with Crippen molar-refractivity contribution in [2.75, 3.05) is 23.4 Å². The molecule has 0 bridgehead atoms. The minimum absolute atomic E-state index is 0.192. The lowest BCUT2D eigenvalue weighted by molar-refractivity contribution is -0.274. The van der Waals surface area contributed by atoms with Crippen LogP contribution < -0.4 is 19.7 Å². The molecule has 0 aliphatic carbocycles. The van der Waals surface area contributed by atoms with Gasteiger partial charge < -0.3 is 19.9 Å². The minimum Gasteiger partial charge on any atom is -0.494 e. The van der Waals surface area contributed by atoms with Gasteiger partial charge in [-0.3, -0.25) is 4.90 Å². The quantitative estimate of drug-likeness (QED) is 0.356. The van der Waals surface area contributed by atoms with Crippen LogP contribution in [-0.4, -0.2) is 42.9 Å². The summed E-state index contributed by atoms with van der Waals surface area (Å²) < 4.78 is 85.4. The average molecular weight is 480 g/mol. The topological polar surface area (TPSA) is 71.0 Å². The van der Waals surface area contributed by atoms with Crippen molar-refractivity contribution < 1.29 is 45.7 Å². The molecule has 2 aromatic carbocycles. The number of nitrogens with one attached hydrogen (secondary N) is 1. The van der Waals surface area contributed by atoms with Gasteiger partial charge in [-0.25, -0.2) is 4.79 Å². The van der Waals surface area contributed by atoms with Crippen LogP contribution in [0.15, 0.2) is 48.5 Å². The molecule has 182 valence electrons. The SMILES string of the molecule is CCCCOc1ccc(NC(=O)N(CC(O)C(F)(F)F)c2cccc(OC(F)(F)F)c2)cc1. The van der Waals surface area contributed by atoms with Gasteiger partial charge in [-0.15, -0.1) is 13.2 Å². The van der Waals surface area contributed by atoms with Gasteiger partial charge in [0.25, 0.3) is 0 Å². The first-order chi connectivity index (χ1) is 15.4. The zero-order valence-corrected chi connectivity index (χ0v) is 17.4. The second-order valence-electron chi connectivity index (χ2n) is 6.87. The van der Waals surface area contributed by atoms with Crippen molar-refractivity contribution in [2.24, 2.45) is 0 Å². The first-order valence-electron chi connectivity index (χ1n) is 9.81. The van der Waals surface area contributed by atoms with Crippen molar-refractivity contribution in [3.8, 4) is 11.5 Å². The molecule has 0 heterocycles. The Kier molecular flexibility index (Phi) is 8.80. The van der Waals surface area contributed by atoms with Gasteiger partial charge in [0.1, 0.15) is 11.5 Å². The molecule has 0 spiro atoms. The number of aliphatic hydroxyl groups is 1. The number of rotatable bonds is 9. The summed E-state index contributed by atoms with van der Waals surface area (Å²) in [5.74, 6) is -0.226. The molecule has 0 aliphatic heterocycles. The van der Waals surface area contributed by atoms with E-state index in [0.29, 0.717) is 17.3 Å². The third kappa shape index (κ3) is 8.72. The summed E-state index contributed by atoms with van der Waals surface area (Å²) in [5.41, 5.74) is -0.158. The Balaban J connectivity index is 2.23. The van der Waals surface area contributed by atoms with Crippen molar-refractivity contribution >= 4 is 17.4 Å². The second kappa shape index (κ2) is 11.1. The highest BCUT2D eigenvalue weighted by atomic mass is 19.4. The predicted molar refractivity (Wildman–Crippen MR) is 108 cm³/mol. The van der Waals surface area contributed by atoms with Crippen LogP contribution in [0.2, 0.25) is 0 Å². The molecule has 2 N–H and O–H groups in total. The first-order valence-corrected chi connectivity index (χ1v) is 9.81. The zero-order valence-electron chi connectivity index (χ0n) is 17.4. The number of hydrogen-bond donors (Lipinski definition) is 2. The van der Waals surface area contributed by atoms with Gasteiger partial charge in [0.2, 0.25) is 0 Å². The molecule has 2 amide bonds. The van der Waals surface area contributed by atoms with Crippen LogP contribution in [0.25, 0.3) is 0 Å². The number of amides is 2. The van der Waals surface area contributed by atoms with E-state index in [-0.39, 0.29) is 11.4 Å². The van der Waals surface area contributed by atoms with E-state index in [9.17, 15) is 36.2 Å². The molecule has 1 unspecified atom stereocenters. The number of unbranched alkanes of at least 4 members (excludes halogenated alkanes) is 1. The van der Waals surface area contributed by atoms with Gasteiger partial charge in [0.05, 0.1) is 13.2 Å². The summed E-state index contributed by atoms with van der Waals surface area (Å²) in [5, 5.41) is 11.8. The molecule has 12 heteroatoms. The smallest absolute Gasteiger partial charge is 0.494 e. The number of halogens is 6. The van der Waals surface area contributed by atoms with Gasteiger partial charge in [0, 0.05) is 17.4 Å². The summed E-state index contributed by atoms with van der Waals surface area (Å²) in [6.07, 6.45) is -11.3. The maximum atomic E-state index is 12.9. The molecule has 0 saturated heterocycles. The van der Waals surface area contributed by atoms with Crippen molar-refractivity contribution in [2.45, 2.75) is 38.4 Å². The van der Waals surface area contributed by atoms with Gasteiger partial charge in [-0.2, -0.15) is 13.2 Å². The van der Waals surface area contributed by atoms with Gasteiger partial charge in [0.15, 0.2) is 6.10 Å². The van der Waals surface area contributed by atoms with E-state index >= 15 is 0 Å². The molecule has 2 rings (SSSR count). The molecule has 2 aromatic rings. The van der Waals surface area contributed by atoms with Gasteiger partial charge >= 0.3 is 18.6 Å². The number of anilines is 2. The number of benzene rings is 2. The molecular formula is C21H22F6N2O4. The van der Waals surface area contributed by atoms with Gasteiger partial charge in [-0.05, 0) is 42.8 Å². The first kappa shape index (κ1) is 26.1. The monoisotopic (exact) mass is 480 g/mol. The molecular weight excluding hydrogens is 458 g/mol. The third-order valence-corrected chi connectivity index (χ3v) is 4.21. The Labute approximate surface area is 185 Å². The van der Waals surface area contributed by atoms with E-state index in [1.165, 1.54) is 24.3 Å². The third-order valence-electron chi connectivity index (χ3n) is 4.21. The van der Waals surface area contributed by atoms with Crippen molar-refractivity contribution in [3.05, 3.63) is 48.5 Å². The van der Waals surface area contributed by atoms with Crippen LogP contribution in [0.4, 0.5) is 42.5 Å². The summed E-state index contributed by atoms with van der Waals surface area (Å²) >= 11 is 0. The second-order valence-corrected chi connectivity index (χ2v) is 6.87. The number of ether oxygens (including phenoxy) is 2. The highest BCUT2D eigenvalue weighted by Crippen LogP contribution is 2.29. The maximum absolute atomic E-state index is 12.9. The summed E-state index contributed by atoms with van der Waals surface area (Å²) in [7, 11) is 0. The molecule has 0 radical (unpaired) electrons. The van der Waals surface area contributed by atoms with Crippen LogP contribution in [-0.2, 0) is 0 Å². The Hall–Kier alpha value is -3.15. The molecule has 0 aliphatic rings. The lowest BCUT2D eigenvalue weighted by atomic mass is 10.2. The molecule has 33 heavy (non-hydrogen) atoms. The van der Waals surface area contributed by atoms with Crippen molar-refractivity contribution in [1.29, 1.82) is 0 Å². The number of nitrogens with zero attached hydrogens (tertiary/aromatic N) is 1. The number of carbonyl (C=O) groups excluding carboxylic acids is 1. The highest BCUT2D eigenvalue weighted by molar-refractivity contribution is 6.01.